The molecule has 6 aromatic rings. The molecule has 0 aliphatic heterocycles. The van der Waals surface area contributed by atoms with Gasteiger partial charge in [-0.15, -0.1) is 0 Å². The van der Waals surface area contributed by atoms with Gasteiger partial charge in [0.15, 0.2) is 0 Å². The normalized spacial score (nSPS) is 26.0. The average molecular weight is 716 g/mol. The molecule has 0 unspecified atom stereocenters. The van der Waals surface area contributed by atoms with Crippen molar-refractivity contribution >= 4 is 17.1 Å². The van der Waals surface area contributed by atoms with Crippen LogP contribution in [0.1, 0.15) is 94.9 Å². The Morgan fingerprint density at radius 2 is 1.00 bits per heavy atom. The number of rotatable bonds is 5. The van der Waals surface area contributed by atoms with Crippen molar-refractivity contribution in [1.29, 1.82) is 0 Å². The monoisotopic (exact) mass is 715 g/mol. The van der Waals surface area contributed by atoms with Gasteiger partial charge in [0.25, 0.3) is 0 Å². The van der Waals surface area contributed by atoms with Crippen LogP contribution >= 0.6 is 0 Å². The first-order chi connectivity index (χ1) is 26.7. The Morgan fingerprint density at radius 1 is 0.418 bits per heavy atom. The van der Waals surface area contributed by atoms with E-state index in [2.05, 4.69) is 172 Å². The van der Waals surface area contributed by atoms with E-state index in [0.29, 0.717) is 11.8 Å². The lowest BCUT2D eigenvalue weighted by atomic mass is 9.43. The molecule has 0 aromatic heterocycles. The zero-order valence-electron chi connectivity index (χ0n) is 33.0. The molecule has 1 spiro atoms. The van der Waals surface area contributed by atoms with Crippen molar-refractivity contribution in [2.75, 3.05) is 4.90 Å². The van der Waals surface area contributed by atoms with E-state index in [1.807, 2.05) is 0 Å². The highest BCUT2D eigenvalue weighted by Gasteiger charge is 2.61. The summed E-state index contributed by atoms with van der Waals surface area (Å²) < 4.78 is 0. The van der Waals surface area contributed by atoms with Gasteiger partial charge >= 0.3 is 0 Å². The number of nitrogens with zero attached hydrogens (tertiary/aromatic N) is 1. The first-order valence-corrected chi connectivity index (χ1v) is 21.2. The van der Waals surface area contributed by atoms with Crippen LogP contribution in [0.2, 0.25) is 0 Å². The third-order valence-electron chi connectivity index (χ3n) is 15.3. The van der Waals surface area contributed by atoms with E-state index < -0.39 is 0 Å². The summed E-state index contributed by atoms with van der Waals surface area (Å²) >= 11 is 0. The fourth-order valence-electron chi connectivity index (χ4n) is 12.8. The number of anilines is 3. The van der Waals surface area contributed by atoms with Crippen LogP contribution in [0.25, 0.3) is 33.4 Å². The molecule has 274 valence electrons. The highest BCUT2D eigenvalue weighted by Crippen LogP contribution is 2.70. The van der Waals surface area contributed by atoms with Gasteiger partial charge in [-0.05, 0) is 166 Å². The van der Waals surface area contributed by atoms with Crippen LogP contribution in [-0.4, -0.2) is 0 Å². The predicted molar refractivity (Wildman–Crippen MR) is 231 cm³/mol. The number of benzene rings is 6. The second kappa shape index (κ2) is 12.1. The lowest BCUT2D eigenvalue weighted by molar-refractivity contribution is -0.0399. The Kier molecular flexibility index (Phi) is 7.34. The molecule has 0 amide bonds. The summed E-state index contributed by atoms with van der Waals surface area (Å²) in [6, 6.07) is 53.8. The average Bonchev–Trinajstić information content (AvgIpc) is 3.49. The van der Waals surface area contributed by atoms with Gasteiger partial charge in [0, 0.05) is 22.4 Å². The van der Waals surface area contributed by atoms with Crippen LogP contribution in [0.4, 0.5) is 17.1 Å². The third-order valence-corrected chi connectivity index (χ3v) is 15.3. The summed E-state index contributed by atoms with van der Waals surface area (Å²) in [5.41, 5.74) is 18.4. The van der Waals surface area contributed by atoms with Crippen LogP contribution in [0.5, 0.6) is 0 Å². The Morgan fingerprint density at radius 3 is 1.69 bits per heavy atom. The highest BCUT2D eigenvalue weighted by atomic mass is 15.1. The molecule has 0 atom stereocenters. The van der Waals surface area contributed by atoms with E-state index in [-0.39, 0.29) is 16.2 Å². The van der Waals surface area contributed by atoms with Gasteiger partial charge in [-0.2, -0.15) is 0 Å². The second-order valence-corrected chi connectivity index (χ2v) is 19.2. The van der Waals surface area contributed by atoms with Crippen molar-refractivity contribution in [1.82, 2.24) is 0 Å². The van der Waals surface area contributed by atoms with Crippen LogP contribution in [0, 0.1) is 23.7 Å². The fraction of sp³-hybridized carbons (Fsp3) is 0.333. The Balaban J connectivity index is 1.18. The molecule has 4 bridgehead atoms. The van der Waals surface area contributed by atoms with Crippen molar-refractivity contribution < 1.29 is 0 Å². The molecule has 0 heterocycles. The van der Waals surface area contributed by atoms with Crippen molar-refractivity contribution in [3.8, 4) is 33.4 Å². The third kappa shape index (κ3) is 4.97. The largest absolute Gasteiger partial charge is 0.310 e. The Bertz CT molecular complexity index is 2400. The molecule has 0 saturated heterocycles. The van der Waals surface area contributed by atoms with Gasteiger partial charge in [-0.25, -0.2) is 0 Å². The summed E-state index contributed by atoms with van der Waals surface area (Å²) in [4.78, 5) is 2.62. The van der Waals surface area contributed by atoms with E-state index in [1.165, 1.54) is 107 Å². The van der Waals surface area contributed by atoms with E-state index in [9.17, 15) is 0 Å². The summed E-state index contributed by atoms with van der Waals surface area (Å²) in [6.07, 6.45) is 9.43. The number of fused-ring (bicyclic) bond motifs is 4. The van der Waals surface area contributed by atoms with Crippen molar-refractivity contribution in [3.05, 3.63) is 162 Å². The van der Waals surface area contributed by atoms with Gasteiger partial charge in [0.05, 0.1) is 5.69 Å². The second-order valence-electron chi connectivity index (χ2n) is 19.2. The topological polar surface area (TPSA) is 3.24 Å². The summed E-state index contributed by atoms with van der Waals surface area (Å²) in [7, 11) is 0. The summed E-state index contributed by atoms with van der Waals surface area (Å²) in [6.45, 7) is 9.80. The minimum Gasteiger partial charge on any atom is -0.310 e. The van der Waals surface area contributed by atoms with Crippen LogP contribution < -0.4 is 4.90 Å². The summed E-state index contributed by atoms with van der Waals surface area (Å²) in [5.74, 6) is 3.25. The molecule has 6 aromatic carbocycles. The number of hydrogen-bond acceptors (Lipinski definition) is 1. The van der Waals surface area contributed by atoms with Gasteiger partial charge in [0.1, 0.15) is 0 Å². The number of hydrogen-bond donors (Lipinski definition) is 0. The van der Waals surface area contributed by atoms with Crippen LogP contribution in [0.15, 0.2) is 140 Å². The lowest BCUT2D eigenvalue weighted by Gasteiger charge is -2.61. The smallest absolute Gasteiger partial charge is 0.0543 e. The lowest BCUT2D eigenvalue weighted by Crippen LogP contribution is -2.55. The maximum absolute atomic E-state index is 2.71. The fourth-order valence-corrected chi connectivity index (χ4v) is 12.8. The van der Waals surface area contributed by atoms with Crippen molar-refractivity contribution in [2.45, 2.75) is 88.9 Å². The van der Waals surface area contributed by atoms with E-state index in [1.54, 1.807) is 11.1 Å². The van der Waals surface area contributed by atoms with Gasteiger partial charge < -0.3 is 4.90 Å². The first kappa shape index (κ1) is 33.5. The maximum atomic E-state index is 2.71. The van der Waals surface area contributed by atoms with E-state index in [0.717, 1.165) is 11.8 Å². The molecular weight excluding hydrogens is 663 g/mol. The molecular formula is C54H53N. The molecule has 55 heavy (non-hydrogen) atoms. The Labute approximate surface area is 328 Å². The molecule has 0 N–H and O–H groups in total. The molecule has 12 rings (SSSR count). The summed E-state index contributed by atoms with van der Waals surface area (Å²) in [5, 5.41) is 0. The van der Waals surface area contributed by atoms with Gasteiger partial charge in [0.2, 0.25) is 0 Å². The zero-order valence-corrected chi connectivity index (χ0v) is 33.0. The molecule has 1 nitrogen and oxygen atoms in total. The molecule has 4 fully saturated rings. The standard InChI is InChI=1S/C54H53N/c1-52(2)25-26-53(3,4)50-32-43(23-24-48(50)52)55(42-15-9-6-10-16-42)51-34-49-46(33-45(51)39-21-19-38(20-22-39)37-13-7-5-8-14-37)44-17-11-12-18-47(44)54(49)40-28-35-27-36(30-40)31-41(54)29-35/h5-24,32-36,40-41H,25-31H2,1-4H3. The molecule has 1 heteroatoms. The van der Waals surface area contributed by atoms with Crippen molar-refractivity contribution in [3.63, 3.8) is 0 Å². The van der Waals surface area contributed by atoms with Crippen LogP contribution in [0.3, 0.4) is 0 Å². The Hall–Kier alpha value is -4.88. The predicted octanol–water partition coefficient (Wildman–Crippen LogP) is 14.6. The zero-order chi connectivity index (χ0) is 37.1. The molecule has 0 radical (unpaired) electrons. The van der Waals surface area contributed by atoms with E-state index in [4.69, 9.17) is 0 Å². The minimum absolute atomic E-state index is 0.0913. The van der Waals surface area contributed by atoms with Gasteiger partial charge in [-0.3, -0.25) is 0 Å². The van der Waals surface area contributed by atoms with Crippen molar-refractivity contribution in [2.24, 2.45) is 23.7 Å². The van der Waals surface area contributed by atoms with Gasteiger partial charge in [-0.1, -0.05) is 131 Å². The van der Waals surface area contributed by atoms with Crippen LogP contribution in [-0.2, 0) is 16.2 Å². The highest BCUT2D eigenvalue weighted by molar-refractivity contribution is 5.95. The number of para-hydroxylation sites is 1. The minimum atomic E-state index is 0.0913. The first-order valence-electron chi connectivity index (χ1n) is 21.2. The molecule has 6 aliphatic carbocycles. The molecule has 6 aliphatic rings. The quantitative estimate of drug-likeness (QED) is 0.172. The maximum Gasteiger partial charge on any atom is 0.0543 e. The van der Waals surface area contributed by atoms with E-state index >= 15 is 0 Å². The SMILES string of the molecule is CC1(C)CCC(C)(C)c2cc(N(c3ccccc3)c3cc4c(cc3-c3ccc(-c5ccccc5)cc3)-c3ccccc3C43C4CC5CC(C4)CC3C5)ccc21. The molecule has 4 saturated carbocycles.